The fourth-order valence-corrected chi connectivity index (χ4v) is 5.35. The summed E-state index contributed by atoms with van der Waals surface area (Å²) in [4.78, 5) is 4.95. The normalized spacial score (nSPS) is 13.4. The second-order valence-electron chi connectivity index (χ2n) is 9.70. The molecule has 188 valence electrons. The van der Waals surface area contributed by atoms with Crippen molar-refractivity contribution in [3.05, 3.63) is 145 Å². The van der Waals surface area contributed by atoms with Gasteiger partial charge in [-0.25, -0.2) is 4.98 Å². The highest BCUT2D eigenvalue weighted by molar-refractivity contribution is 5.91. The molecule has 40 heavy (non-hydrogen) atoms. The molecule has 0 saturated carbocycles. The lowest BCUT2D eigenvalue weighted by atomic mass is 9.98. The Kier molecular flexibility index (Phi) is 4.09. The van der Waals surface area contributed by atoms with Gasteiger partial charge in [0.15, 0.2) is 11.5 Å². The van der Waals surface area contributed by atoms with Crippen molar-refractivity contribution in [2.75, 3.05) is 0 Å². The van der Waals surface area contributed by atoms with E-state index in [1.54, 1.807) is 12.1 Å². The van der Waals surface area contributed by atoms with Gasteiger partial charge in [-0.3, -0.25) is 4.57 Å². The second kappa shape index (κ2) is 9.11. The molecule has 0 N–H and O–H groups in total. The molecule has 0 fully saturated rings. The zero-order chi connectivity index (χ0) is 30.8. The van der Waals surface area contributed by atoms with E-state index in [9.17, 15) is 0 Å². The van der Waals surface area contributed by atoms with Crippen molar-refractivity contribution in [3.63, 3.8) is 0 Å². The second-order valence-corrected chi connectivity index (χ2v) is 9.70. The lowest BCUT2D eigenvalue weighted by Crippen LogP contribution is -2.05. The van der Waals surface area contributed by atoms with Crippen molar-refractivity contribution in [1.82, 2.24) is 9.55 Å². The van der Waals surface area contributed by atoms with Crippen LogP contribution in [0.25, 0.3) is 61.5 Å². The number of ether oxygens (including phenoxy) is 1. The zero-order valence-electron chi connectivity index (χ0n) is 26.3. The molecule has 1 aliphatic heterocycles. The molecule has 0 atom stereocenters. The number of imidazole rings is 1. The smallest absolute Gasteiger partial charge is 0.153 e. The predicted molar refractivity (Wildman–Crippen MR) is 163 cm³/mol. The molecule has 3 heteroatoms. The predicted octanol–water partition coefficient (Wildman–Crippen LogP) is 9.80. The van der Waals surface area contributed by atoms with Crippen LogP contribution in [-0.2, 0) is 0 Å². The maximum absolute atomic E-state index is 8.27. The summed E-state index contributed by atoms with van der Waals surface area (Å²) in [5.74, 6) is 2.40. The van der Waals surface area contributed by atoms with Gasteiger partial charge in [-0.15, -0.1) is 0 Å². The van der Waals surface area contributed by atoms with Crippen LogP contribution in [0, 0.1) is 0 Å². The maximum Gasteiger partial charge on any atom is 0.153 e. The minimum Gasteiger partial charge on any atom is -0.453 e. The van der Waals surface area contributed by atoms with Crippen molar-refractivity contribution in [3.8, 4) is 62.0 Å². The number of benzene rings is 6. The van der Waals surface area contributed by atoms with Crippen LogP contribution >= 0.6 is 0 Å². The maximum atomic E-state index is 8.27. The van der Waals surface area contributed by atoms with Gasteiger partial charge in [-0.05, 0) is 57.6 Å². The first kappa shape index (κ1) is 18.0. The Hall–Kier alpha value is -5.41. The first-order valence-electron chi connectivity index (χ1n) is 15.6. The van der Waals surface area contributed by atoms with Gasteiger partial charge in [0.25, 0.3) is 0 Å². The molecule has 6 aromatic carbocycles. The van der Waals surface area contributed by atoms with Gasteiger partial charge in [0.2, 0.25) is 0 Å². The van der Waals surface area contributed by atoms with Crippen molar-refractivity contribution in [1.29, 1.82) is 0 Å². The van der Waals surface area contributed by atoms with Gasteiger partial charge in [-0.2, -0.15) is 0 Å². The molecule has 1 aromatic heterocycles. The Bertz CT molecular complexity index is 2250. The van der Waals surface area contributed by atoms with E-state index in [-0.39, 0.29) is 29.7 Å². The third-order valence-corrected chi connectivity index (χ3v) is 7.32. The average molecular weight is 518 g/mol. The number of fused-ring (bicyclic) bond motifs is 2. The lowest BCUT2D eigenvalue weighted by molar-refractivity contribution is 0.476. The Labute approximate surface area is 239 Å². The van der Waals surface area contributed by atoms with Gasteiger partial charge >= 0.3 is 0 Å². The molecule has 3 nitrogen and oxygen atoms in total. The highest BCUT2D eigenvalue weighted by Gasteiger charge is 2.25. The Morgan fingerprint density at radius 3 is 1.85 bits per heavy atom. The lowest BCUT2D eigenvalue weighted by Gasteiger charge is -2.22. The molecule has 0 aliphatic carbocycles. The van der Waals surface area contributed by atoms with Crippen LogP contribution in [0.1, 0.15) is 6.85 Å². The van der Waals surface area contributed by atoms with Gasteiger partial charge < -0.3 is 4.74 Å². The molecule has 0 amide bonds. The number of rotatable bonds is 4. The molecule has 0 saturated heterocycles. The largest absolute Gasteiger partial charge is 0.453 e. The van der Waals surface area contributed by atoms with Crippen molar-refractivity contribution < 1.29 is 11.6 Å². The van der Waals surface area contributed by atoms with E-state index in [2.05, 4.69) is 59.2 Å². The molecule has 0 spiro atoms. The zero-order valence-corrected chi connectivity index (χ0v) is 21.3. The van der Waals surface area contributed by atoms with E-state index in [1.165, 1.54) is 0 Å². The fraction of sp³-hybridized carbons (Fsp3) is 0. The molecule has 8 rings (SSSR count). The minimum absolute atomic E-state index is 0.201. The number of para-hydroxylation sites is 1. The summed E-state index contributed by atoms with van der Waals surface area (Å²) >= 11 is 0. The molecule has 0 radical (unpaired) electrons. The molecule has 0 unspecified atom stereocenters. The SMILES string of the molecule is [2H]c1c([2H])c([2H])c(-c2ccc(-c3ccc(-c4ccc5c(c4)Oc4cccc6nc(-c7ccccc7)n-5c46)cc3)cc2)c([2H])c1[2H]. The van der Waals surface area contributed by atoms with Crippen molar-refractivity contribution in [2.24, 2.45) is 0 Å². The monoisotopic (exact) mass is 517 g/mol. The van der Waals surface area contributed by atoms with Crippen LogP contribution in [0.15, 0.2) is 145 Å². The van der Waals surface area contributed by atoms with Gasteiger partial charge in [0.1, 0.15) is 11.3 Å². The summed E-state index contributed by atoms with van der Waals surface area (Å²) in [5, 5.41) is 0. The van der Waals surface area contributed by atoms with Crippen molar-refractivity contribution >= 4 is 11.0 Å². The third kappa shape index (κ3) is 3.71. The Morgan fingerprint density at radius 2 is 1.15 bits per heavy atom. The van der Waals surface area contributed by atoms with E-state index in [4.69, 9.17) is 16.6 Å². The summed E-state index contributed by atoms with van der Waals surface area (Å²) in [6, 6.07) is 36.6. The minimum atomic E-state index is -0.392. The third-order valence-electron chi connectivity index (χ3n) is 7.32. The molecular weight excluding hydrogens is 488 g/mol. The van der Waals surface area contributed by atoms with Crippen LogP contribution in [0.4, 0.5) is 0 Å². The molecule has 7 aromatic rings. The summed E-state index contributed by atoms with van der Waals surface area (Å²) in [5.41, 5.74) is 8.62. The van der Waals surface area contributed by atoms with E-state index < -0.39 is 6.04 Å². The Morgan fingerprint density at radius 1 is 0.525 bits per heavy atom. The summed E-state index contributed by atoms with van der Waals surface area (Å²) < 4.78 is 49.0. The molecule has 0 bridgehead atoms. The van der Waals surface area contributed by atoms with E-state index in [0.29, 0.717) is 5.56 Å². The van der Waals surface area contributed by atoms with E-state index in [0.717, 1.165) is 61.9 Å². The first-order chi connectivity index (χ1) is 21.9. The quantitative estimate of drug-likeness (QED) is 0.232. The number of hydrogen-bond acceptors (Lipinski definition) is 2. The van der Waals surface area contributed by atoms with E-state index in [1.807, 2.05) is 48.5 Å². The van der Waals surface area contributed by atoms with Crippen LogP contribution in [0.2, 0.25) is 0 Å². The van der Waals surface area contributed by atoms with Crippen LogP contribution in [0.5, 0.6) is 11.5 Å². The topological polar surface area (TPSA) is 27.1 Å². The van der Waals surface area contributed by atoms with Crippen LogP contribution < -0.4 is 4.74 Å². The number of aromatic nitrogens is 2. The highest BCUT2D eigenvalue weighted by Crippen LogP contribution is 2.44. The van der Waals surface area contributed by atoms with E-state index >= 15 is 0 Å². The highest BCUT2D eigenvalue weighted by atomic mass is 16.5. The first-order valence-corrected chi connectivity index (χ1v) is 13.1. The van der Waals surface area contributed by atoms with Gasteiger partial charge in [0, 0.05) is 5.56 Å². The number of hydrogen-bond donors (Lipinski definition) is 0. The summed E-state index contributed by atoms with van der Waals surface area (Å²) in [6.07, 6.45) is 0. The van der Waals surface area contributed by atoms with Gasteiger partial charge in [-0.1, -0.05) is 121 Å². The summed E-state index contributed by atoms with van der Waals surface area (Å²) in [6.45, 7) is 0. The summed E-state index contributed by atoms with van der Waals surface area (Å²) in [7, 11) is 0. The standard InChI is InChI=1S/C37H24N2O/c1-3-8-25(9-4-1)26-14-16-27(17-15-26)28-18-20-29(21-19-28)31-22-23-33-35(24-31)40-34-13-7-12-32-36(34)39(33)37(38-32)30-10-5-2-6-11-30/h1-24H/i1D,3D,4D,8D,9D. The average Bonchev–Trinajstić information content (AvgIpc) is 3.48. The molecule has 1 aliphatic rings. The van der Waals surface area contributed by atoms with Gasteiger partial charge in [0.05, 0.1) is 18.1 Å². The van der Waals surface area contributed by atoms with Crippen LogP contribution in [-0.4, -0.2) is 9.55 Å². The number of nitrogens with zero attached hydrogens (tertiary/aromatic N) is 2. The molecular formula is C37H24N2O. The van der Waals surface area contributed by atoms with Crippen LogP contribution in [0.3, 0.4) is 0 Å². The molecule has 2 heterocycles. The Balaban J connectivity index is 1.12. The fourth-order valence-electron chi connectivity index (χ4n) is 5.35. The van der Waals surface area contributed by atoms with Crippen molar-refractivity contribution in [2.45, 2.75) is 0 Å².